The summed E-state index contributed by atoms with van der Waals surface area (Å²) in [5, 5.41) is 4.31. The summed E-state index contributed by atoms with van der Waals surface area (Å²) in [6.45, 7) is 0. The molecule has 0 aliphatic carbocycles. The van der Waals surface area contributed by atoms with Crippen LogP contribution < -0.4 is 9.62 Å². The van der Waals surface area contributed by atoms with Crippen LogP contribution in [0.5, 0.6) is 0 Å². The molecule has 0 unspecified atom stereocenters. The van der Waals surface area contributed by atoms with E-state index in [1.165, 1.54) is 30.3 Å². The summed E-state index contributed by atoms with van der Waals surface area (Å²) in [4.78, 5) is 6.29. The van der Waals surface area contributed by atoms with Crippen LogP contribution >= 0.6 is 0 Å². The Morgan fingerprint density at radius 2 is 1.45 bits per heavy atom. The van der Waals surface area contributed by atoms with Crippen molar-refractivity contribution in [2.24, 2.45) is 0 Å². The summed E-state index contributed by atoms with van der Waals surface area (Å²) >= 11 is 0. The lowest BCUT2D eigenvalue weighted by Crippen LogP contribution is -2.28. The number of para-hydroxylation sites is 2. The zero-order valence-electron chi connectivity index (χ0n) is 19.4. The molecule has 0 bridgehead atoms. The maximum Gasteiger partial charge on any atom is 0.288 e. The van der Waals surface area contributed by atoms with E-state index in [9.17, 15) is 21.2 Å². The Labute approximate surface area is 217 Å². The third-order valence-corrected chi connectivity index (χ3v) is 8.91. The number of anilines is 4. The number of nitrogens with zero attached hydrogens (tertiary/aromatic N) is 4. The van der Waals surface area contributed by atoms with Gasteiger partial charge in [-0.05, 0) is 72.8 Å². The summed E-state index contributed by atoms with van der Waals surface area (Å²) in [6, 6.07) is 26.5. The Bertz CT molecular complexity index is 1870. The van der Waals surface area contributed by atoms with Gasteiger partial charge in [-0.3, -0.25) is 9.62 Å². The molecule has 6 rings (SSSR count). The normalized spacial score (nSPS) is 14.0. The zero-order chi connectivity index (χ0) is 26.5. The fourth-order valence-electron chi connectivity index (χ4n) is 4.12. The van der Waals surface area contributed by atoms with Crippen molar-refractivity contribution in [1.29, 1.82) is 0 Å². The fraction of sp³-hybridized carbons (Fsp3) is 0. The number of halogens is 1. The quantitative estimate of drug-likeness (QED) is 0.326. The van der Waals surface area contributed by atoms with E-state index in [1.54, 1.807) is 35.2 Å². The molecule has 4 aromatic carbocycles. The van der Waals surface area contributed by atoms with Gasteiger partial charge in [-0.25, -0.2) is 12.8 Å². The van der Waals surface area contributed by atoms with Crippen molar-refractivity contribution in [3.63, 3.8) is 0 Å². The Morgan fingerprint density at radius 1 is 0.789 bits per heavy atom. The number of sulfonamides is 1. The minimum absolute atomic E-state index is 0.0859. The SMILES string of the molecule is O=S(=O)(Nc1ccc(-c2nc3n(n2)S(=O)(=O)c2ccccc2N3c2ccccc2)cc1)c1ccc(F)cc1. The molecule has 190 valence electrons. The number of hydrogen-bond donors (Lipinski definition) is 1. The molecule has 1 aliphatic rings. The molecule has 5 aromatic rings. The average Bonchev–Trinajstić information content (AvgIpc) is 3.36. The first-order chi connectivity index (χ1) is 18.2. The Hall–Kier alpha value is -4.55. The highest BCUT2D eigenvalue weighted by Gasteiger charge is 2.37. The first-order valence-corrected chi connectivity index (χ1v) is 14.2. The lowest BCUT2D eigenvalue weighted by molar-refractivity contribution is 0.578. The molecule has 0 amide bonds. The summed E-state index contributed by atoms with van der Waals surface area (Å²) in [5.74, 6) is -0.296. The Balaban J connectivity index is 1.38. The predicted molar refractivity (Wildman–Crippen MR) is 140 cm³/mol. The van der Waals surface area contributed by atoms with Crippen molar-refractivity contribution in [1.82, 2.24) is 14.2 Å². The van der Waals surface area contributed by atoms with Crippen LogP contribution in [0.4, 0.5) is 27.4 Å². The first-order valence-electron chi connectivity index (χ1n) is 11.3. The number of aromatic nitrogens is 3. The van der Waals surface area contributed by atoms with E-state index in [0.29, 0.717) is 16.9 Å². The van der Waals surface area contributed by atoms with Crippen molar-refractivity contribution in [3.8, 4) is 11.4 Å². The van der Waals surface area contributed by atoms with Gasteiger partial charge in [-0.15, -0.1) is 9.19 Å². The van der Waals surface area contributed by atoms with Gasteiger partial charge in [-0.1, -0.05) is 30.3 Å². The highest BCUT2D eigenvalue weighted by Crippen LogP contribution is 2.43. The van der Waals surface area contributed by atoms with E-state index in [0.717, 1.165) is 16.2 Å². The summed E-state index contributed by atoms with van der Waals surface area (Å²) in [7, 11) is -7.94. The van der Waals surface area contributed by atoms with Crippen LogP contribution in [-0.4, -0.2) is 31.0 Å². The maximum absolute atomic E-state index is 13.4. The predicted octanol–water partition coefficient (Wildman–Crippen LogP) is 4.91. The van der Waals surface area contributed by atoms with Gasteiger partial charge in [0, 0.05) is 16.9 Å². The first kappa shape index (κ1) is 23.8. The Morgan fingerprint density at radius 3 is 2.16 bits per heavy atom. The lowest BCUT2D eigenvalue weighted by atomic mass is 10.2. The molecule has 38 heavy (non-hydrogen) atoms. The average molecular weight is 548 g/mol. The van der Waals surface area contributed by atoms with E-state index < -0.39 is 25.9 Å². The second-order valence-electron chi connectivity index (χ2n) is 8.36. The minimum atomic E-state index is -4.01. The second-order valence-corrected chi connectivity index (χ2v) is 11.8. The van der Waals surface area contributed by atoms with E-state index in [-0.39, 0.29) is 27.3 Å². The van der Waals surface area contributed by atoms with Gasteiger partial charge in [0.25, 0.3) is 20.0 Å². The monoisotopic (exact) mass is 547 g/mol. The van der Waals surface area contributed by atoms with E-state index in [1.807, 2.05) is 30.3 Å². The largest absolute Gasteiger partial charge is 0.288 e. The summed E-state index contributed by atoms with van der Waals surface area (Å²) < 4.78 is 68.6. The van der Waals surface area contributed by atoms with Crippen LogP contribution in [0.2, 0.25) is 0 Å². The molecule has 0 fully saturated rings. The minimum Gasteiger partial charge on any atom is -0.280 e. The molecule has 9 nitrogen and oxygen atoms in total. The molecule has 1 aliphatic heterocycles. The molecule has 0 radical (unpaired) electrons. The molecule has 1 N–H and O–H groups in total. The van der Waals surface area contributed by atoms with Crippen LogP contribution in [0.15, 0.2) is 113 Å². The molecule has 0 atom stereocenters. The van der Waals surface area contributed by atoms with Gasteiger partial charge in [0.2, 0.25) is 5.95 Å². The Kier molecular flexibility index (Phi) is 5.51. The molecule has 0 saturated heterocycles. The highest BCUT2D eigenvalue weighted by atomic mass is 32.2. The maximum atomic E-state index is 13.4. The van der Waals surface area contributed by atoms with Crippen molar-refractivity contribution < 1.29 is 21.2 Å². The fourth-order valence-corrected chi connectivity index (χ4v) is 6.56. The van der Waals surface area contributed by atoms with E-state index in [4.69, 9.17) is 0 Å². The third kappa shape index (κ3) is 3.99. The van der Waals surface area contributed by atoms with Crippen LogP contribution in [0.1, 0.15) is 0 Å². The lowest BCUT2D eigenvalue weighted by Gasteiger charge is -2.29. The topological polar surface area (TPSA) is 114 Å². The van der Waals surface area contributed by atoms with Crippen LogP contribution in [0.3, 0.4) is 0 Å². The van der Waals surface area contributed by atoms with Crippen molar-refractivity contribution >= 4 is 43.1 Å². The van der Waals surface area contributed by atoms with Crippen LogP contribution in [0, 0.1) is 5.82 Å². The van der Waals surface area contributed by atoms with Gasteiger partial charge in [0.15, 0.2) is 5.82 Å². The summed E-state index contributed by atoms with van der Waals surface area (Å²) in [5.41, 5.74) is 1.90. The second kappa shape index (κ2) is 8.78. The number of nitrogens with one attached hydrogen (secondary N) is 1. The highest BCUT2D eigenvalue weighted by molar-refractivity contribution is 7.92. The molecule has 12 heteroatoms. The van der Waals surface area contributed by atoms with Gasteiger partial charge in [0.05, 0.1) is 10.6 Å². The molecule has 1 aromatic heterocycles. The van der Waals surface area contributed by atoms with Crippen molar-refractivity contribution in [2.45, 2.75) is 9.79 Å². The van der Waals surface area contributed by atoms with Gasteiger partial charge < -0.3 is 0 Å². The van der Waals surface area contributed by atoms with Crippen LogP contribution in [0.25, 0.3) is 11.4 Å². The van der Waals surface area contributed by atoms with Gasteiger partial charge in [-0.2, -0.15) is 13.4 Å². The molecular formula is C26H18FN5O4S2. The van der Waals surface area contributed by atoms with Gasteiger partial charge >= 0.3 is 0 Å². The van der Waals surface area contributed by atoms with Crippen molar-refractivity contribution in [3.05, 3.63) is 109 Å². The standard InChI is InChI=1S/C26H18FN5O4S2/c27-19-12-16-22(17-13-19)37(33,34)30-20-14-10-18(11-15-20)25-28-26-31(21-6-2-1-3-7-21)23-8-4-5-9-24(23)38(35,36)32(26)29-25/h1-17,30H. The van der Waals surface area contributed by atoms with Gasteiger partial charge in [0.1, 0.15) is 10.7 Å². The molecule has 2 heterocycles. The van der Waals surface area contributed by atoms with Crippen molar-refractivity contribution in [2.75, 3.05) is 9.62 Å². The van der Waals surface area contributed by atoms with E-state index >= 15 is 0 Å². The molecular weight excluding hydrogens is 529 g/mol. The summed E-state index contributed by atoms with van der Waals surface area (Å²) in [6.07, 6.45) is 0. The number of hydrogen-bond acceptors (Lipinski definition) is 7. The molecule has 0 saturated carbocycles. The zero-order valence-corrected chi connectivity index (χ0v) is 21.1. The molecule has 0 spiro atoms. The third-order valence-electron chi connectivity index (χ3n) is 5.91. The number of fused-ring (bicyclic) bond motifs is 2. The smallest absolute Gasteiger partial charge is 0.280 e. The van der Waals surface area contributed by atoms with Crippen LogP contribution in [-0.2, 0) is 20.0 Å². The number of benzene rings is 4. The van der Waals surface area contributed by atoms with E-state index in [2.05, 4.69) is 14.8 Å². The number of rotatable bonds is 5.